The van der Waals surface area contributed by atoms with Crippen LogP contribution in [0.4, 0.5) is 18.9 Å². The van der Waals surface area contributed by atoms with Gasteiger partial charge in [0.2, 0.25) is 0 Å². The number of aryl methyl sites for hydroxylation is 1. The Labute approximate surface area is 219 Å². The van der Waals surface area contributed by atoms with E-state index < -0.39 is 35.2 Å². The van der Waals surface area contributed by atoms with Crippen molar-refractivity contribution in [2.24, 2.45) is 0 Å². The van der Waals surface area contributed by atoms with Crippen LogP contribution in [0.2, 0.25) is 15.1 Å². The molecule has 0 radical (unpaired) electrons. The fraction of sp³-hybridized carbons (Fsp3) is 0.208. The second-order valence-electron chi connectivity index (χ2n) is 7.62. The molecule has 0 atom stereocenters. The predicted molar refractivity (Wildman–Crippen MR) is 132 cm³/mol. The number of alkyl halides is 3. The van der Waals surface area contributed by atoms with Gasteiger partial charge in [-0.1, -0.05) is 40.9 Å². The molecule has 0 fully saturated rings. The van der Waals surface area contributed by atoms with Crippen LogP contribution in [0.15, 0.2) is 42.5 Å². The Kier molecular flexibility index (Phi) is 8.71. The first kappa shape index (κ1) is 27.6. The summed E-state index contributed by atoms with van der Waals surface area (Å²) in [6.07, 6.45) is -2.06. The smallest absolute Gasteiger partial charge is 0.417 e. The van der Waals surface area contributed by atoms with Crippen LogP contribution >= 0.6 is 34.8 Å². The van der Waals surface area contributed by atoms with Gasteiger partial charge in [-0.15, -0.1) is 0 Å². The summed E-state index contributed by atoms with van der Waals surface area (Å²) < 4.78 is 45.4. The number of rotatable bonds is 7. The molecule has 1 heterocycles. The number of anilines is 1. The molecule has 36 heavy (non-hydrogen) atoms. The molecule has 1 amide bonds. The maximum absolute atomic E-state index is 13.0. The Balaban J connectivity index is 1.61. The Morgan fingerprint density at radius 2 is 1.75 bits per heavy atom. The minimum Gasteiger partial charge on any atom is -0.452 e. The van der Waals surface area contributed by atoms with Gasteiger partial charge in [-0.05, 0) is 50.3 Å². The van der Waals surface area contributed by atoms with Crippen molar-refractivity contribution in [3.63, 3.8) is 0 Å². The zero-order valence-corrected chi connectivity index (χ0v) is 21.2. The molecule has 1 aromatic heterocycles. The third-order valence-corrected chi connectivity index (χ3v) is 6.13. The van der Waals surface area contributed by atoms with Crippen molar-refractivity contribution in [3.8, 4) is 0 Å². The highest BCUT2D eigenvalue weighted by Gasteiger charge is 2.33. The first-order chi connectivity index (χ1) is 16.9. The van der Waals surface area contributed by atoms with E-state index in [0.29, 0.717) is 39.5 Å². The van der Waals surface area contributed by atoms with E-state index in [-0.39, 0.29) is 5.69 Å². The number of amides is 1. The van der Waals surface area contributed by atoms with E-state index in [0.717, 1.165) is 17.8 Å². The molecule has 3 aromatic rings. The van der Waals surface area contributed by atoms with Crippen LogP contribution in [0.5, 0.6) is 0 Å². The van der Waals surface area contributed by atoms with Gasteiger partial charge in [-0.25, -0.2) is 4.79 Å². The first-order valence-corrected chi connectivity index (χ1v) is 11.5. The van der Waals surface area contributed by atoms with Gasteiger partial charge in [0.1, 0.15) is 0 Å². The molecule has 190 valence electrons. The van der Waals surface area contributed by atoms with Crippen LogP contribution in [0, 0.1) is 13.8 Å². The first-order valence-electron chi connectivity index (χ1n) is 10.3. The average molecular weight is 561 g/mol. The van der Waals surface area contributed by atoms with Crippen LogP contribution in [0.1, 0.15) is 28.1 Å². The van der Waals surface area contributed by atoms with Crippen LogP contribution in [0.3, 0.4) is 0 Å². The van der Waals surface area contributed by atoms with E-state index in [1.54, 1.807) is 29.8 Å². The van der Waals surface area contributed by atoms with Crippen LogP contribution in [-0.4, -0.2) is 28.3 Å². The fourth-order valence-electron chi connectivity index (χ4n) is 3.29. The van der Waals surface area contributed by atoms with Gasteiger partial charge in [0, 0.05) is 38.6 Å². The molecular weight excluding hydrogens is 542 g/mol. The topological polar surface area (TPSA) is 73.2 Å². The maximum atomic E-state index is 13.0. The van der Waals surface area contributed by atoms with Gasteiger partial charge < -0.3 is 10.1 Å². The summed E-state index contributed by atoms with van der Waals surface area (Å²) in [5.41, 5.74) is 1.52. The number of hydrogen-bond donors (Lipinski definition) is 1. The summed E-state index contributed by atoms with van der Waals surface area (Å²) in [6.45, 7) is 3.20. The van der Waals surface area contributed by atoms with E-state index in [4.69, 9.17) is 39.5 Å². The molecule has 1 N–H and O–H groups in total. The SMILES string of the molecule is Cc1nn(Cc2c(Cl)cccc2Cl)c(C)c1/C=C/C(=O)OCC(=O)Nc1ccc(Cl)c(C(F)(F)F)c1. The van der Waals surface area contributed by atoms with Gasteiger partial charge in [0.15, 0.2) is 6.61 Å². The number of benzene rings is 2. The number of aromatic nitrogens is 2. The highest BCUT2D eigenvalue weighted by molar-refractivity contribution is 6.36. The van der Waals surface area contributed by atoms with Crippen molar-refractivity contribution in [2.75, 3.05) is 11.9 Å². The third-order valence-electron chi connectivity index (χ3n) is 5.09. The van der Waals surface area contributed by atoms with Crippen LogP contribution in [-0.2, 0) is 27.0 Å². The third kappa shape index (κ3) is 6.81. The van der Waals surface area contributed by atoms with Crippen LogP contribution in [0.25, 0.3) is 6.08 Å². The molecular formula is C24H19Cl3F3N3O3. The molecule has 0 unspecified atom stereocenters. The van der Waals surface area contributed by atoms with Crippen molar-refractivity contribution in [3.05, 3.63) is 85.6 Å². The molecule has 6 nitrogen and oxygen atoms in total. The molecule has 0 aliphatic heterocycles. The molecule has 0 aliphatic rings. The van der Waals surface area contributed by atoms with Crippen LogP contribution < -0.4 is 5.32 Å². The molecule has 0 spiro atoms. The summed E-state index contributed by atoms with van der Waals surface area (Å²) >= 11 is 18.0. The highest BCUT2D eigenvalue weighted by Crippen LogP contribution is 2.36. The molecule has 12 heteroatoms. The normalized spacial score (nSPS) is 11.7. The van der Waals surface area contributed by atoms with Gasteiger partial charge in [0.25, 0.3) is 5.91 Å². The second-order valence-corrected chi connectivity index (χ2v) is 8.85. The summed E-state index contributed by atoms with van der Waals surface area (Å²) in [4.78, 5) is 24.1. The van der Waals surface area contributed by atoms with Crippen molar-refractivity contribution < 1.29 is 27.5 Å². The molecule has 0 aliphatic carbocycles. The molecule has 0 saturated heterocycles. The predicted octanol–water partition coefficient (Wildman–Crippen LogP) is 6.72. The number of carbonyl (C=O) groups is 2. The Morgan fingerprint density at radius 1 is 1.08 bits per heavy atom. The minimum atomic E-state index is -4.68. The van der Waals surface area contributed by atoms with E-state index in [2.05, 4.69) is 10.4 Å². The Bertz CT molecular complexity index is 1320. The van der Waals surface area contributed by atoms with E-state index in [1.165, 1.54) is 12.1 Å². The summed E-state index contributed by atoms with van der Waals surface area (Å²) in [5.74, 6) is -1.64. The average Bonchev–Trinajstić information content (AvgIpc) is 3.06. The lowest BCUT2D eigenvalue weighted by atomic mass is 10.1. The van der Waals surface area contributed by atoms with Gasteiger partial charge in [-0.3, -0.25) is 9.48 Å². The monoisotopic (exact) mass is 559 g/mol. The number of carbonyl (C=O) groups excluding carboxylic acids is 2. The Hall–Kier alpha value is -3.01. The maximum Gasteiger partial charge on any atom is 0.417 e. The summed E-state index contributed by atoms with van der Waals surface area (Å²) in [5, 5.41) is 7.20. The number of halogens is 6. The summed E-state index contributed by atoms with van der Waals surface area (Å²) in [6, 6.07) is 8.11. The number of nitrogens with zero attached hydrogens (tertiary/aromatic N) is 2. The fourth-order valence-corrected chi connectivity index (χ4v) is 4.03. The number of hydrogen-bond acceptors (Lipinski definition) is 4. The van der Waals surface area contributed by atoms with Crippen molar-refractivity contribution >= 4 is 58.4 Å². The quantitative estimate of drug-likeness (QED) is 0.257. The summed E-state index contributed by atoms with van der Waals surface area (Å²) in [7, 11) is 0. The number of ether oxygens (including phenoxy) is 1. The molecule has 0 saturated carbocycles. The van der Waals surface area contributed by atoms with Crippen molar-refractivity contribution in [2.45, 2.75) is 26.6 Å². The molecule has 0 bridgehead atoms. The molecule has 3 rings (SSSR count). The lowest BCUT2D eigenvalue weighted by molar-refractivity contribution is -0.142. The Morgan fingerprint density at radius 3 is 2.39 bits per heavy atom. The van der Waals surface area contributed by atoms with Gasteiger partial charge >= 0.3 is 12.1 Å². The lowest BCUT2D eigenvalue weighted by Gasteiger charge is -2.11. The van der Waals surface area contributed by atoms with Crippen molar-refractivity contribution in [1.29, 1.82) is 0 Å². The zero-order chi connectivity index (χ0) is 26.6. The van der Waals surface area contributed by atoms with E-state index in [1.807, 2.05) is 6.92 Å². The minimum absolute atomic E-state index is 0.138. The molecule has 2 aromatic carbocycles. The van der Waals surface area contributed by atoms with Gasteiger partial charge in [-0.2, -0.15) is 18.3 Å². The van der Waals surface area contributed by atoms with E-state index in [9.17, 15) is 22.8 Å². The highest BCUT2D eigenvalue weighted by atomic mass is 35.5. The number of esters is 1. The van der Waals surface area contributed by atoms with Crippen molar-refractivity contribution in [1.82, 2.24) is 9.78 Å². The zero-order valence-electron chi connectivity index (χ0n) is 18.9. The lowest BCUT2D eigenvalue weighted by Crippen LogP contribution is -2.20. The number of nitrogens with one attached hydrogen (secondary N) is 1. The largest absolute Gasteiger partial charge is 0.452 e. The van der Waals surface area contributed by atoms with Gasteiger partial charge in [0.05, 0.1) is 22.8 Å². The standard InChI is InChI=1S/C24H19Cl3F3N3O3/c1-13-16(14(2)33(32-13)11-17-19(25)4-3-5-20(17)26)7-9-23(35)36-12-22(34)31-15-6-8-21(27)18(10-15)24(28,29)30/h3-10H,11-12H2,1-2H3,(H,31,34)/b9-7+. The second kappa shape index (κ2) is 11.4. The van der Waals surface area contributed by atoms with E-state index >= 15 is 0 Å².